The van der Waals surface area contributed by atoms with Crippen LogP contribution in [0.5, 0.6) is 5.75 Å². The predicted octanol–water partition coefficient (Wildman–Crippen LogP) is 4.27. The fourth-order valence-corrected chi connectivity index (χ4v) is 1.98. The summed E-state index contributed by atoms with van der Waals surface area (Å²) in [6, 6.07) is 6.47. The van der Waals surface area contributed by atoms with E-state index in [1.54, 1.807) is 25.6 Å². The number of aromatic nitrogens is 1. The number of halogens is 3. The highest BCUT2D eigenvalue weighted by atomic mass is 35.5. The van der Waals surface area contributed by atoms with E-state index >= 15 is 0 Å². The zero-order chi connectivity index (χ0) is 13.8. The van der Waals surface area contributed by atoms with Gasteiger partial charge in [-0.3, -0.25) is 4.98 Å². The SMILES string of the molecule is COc1cncc(Cc2ccc(Cl)c(C(F)F)c2)c1. The van der Waals surface area contributed by atoms with Crippen LogP contribution >= 0.6 is 11.6 Å². The molecule has 0 saturated carbocycles. The zero-order valence-electron chi connectivity index (χ0n) is 10.2. The smallest absolute Gasteiger partial charge is 0.265 e. The highest BCUT2D eigenvalue weighted by molar-refractivity contribution is 6.31. The molecular weight excluding hydrogens is 272 g/mol. The van der Waals surface area contributed by atoms with Gasteiger partial charge in [0.25, 0.3) is 6.43 Å². The average molecular weight is 284 g/mol. The predicted molar refractivity (Wildman–Crippen MR) is 70.0 cm³/mol. The van der Waals surface area contributed by atoms with Crippen LogP contribution in [0.15, 0.2) is 36.7 Å². The first kappa shape index (κ1) is 13.7. The van der Waals surface area contributed by atoms with Gasteiger partial charge < -0.3 is 4.74 Å². The second-order valence-corrected chi connectivity index (χ2v) is 4.47. The number of pyridine rings is 1. The molecule has 1 heterocycles. The van der Waals surface area contributed by atoms with Gasteiger partial charge in [-0.25, -0.2) is 8.78 Å². The van der Waals surface area contributed by atoms with Crippen LogP contribution in [0.4, 0.5) is 8.78 Å². The molecular formula is C14H12ClF2NO. The topological polar surface area (TPSA) is 22.1 Å². The lowest BCUT2D eigenvalue weighted by molar-refractivity contribution is 0.151. The Morgan fingerprint density at radius 3 is 2.68 bits per heavy atom. The molecule has 0 unspecified atom stereocenters. The minimum Gasteiger partial charge on any atom is -0.495 e. The molecule has 1 aromatic heterocycles. The van der Waals surface area contributed by atoms with Crippen LogP contribution in [0.3, 0.4) is 0 Å². The van der Waals surface area contributed by atoms with Crippen molar-refractivity contribution in [1.82, 2.24) is 4.98 Å². The van der Waals surface area contributed by atoms with Crippen LogP contribution in [0.25, 0.3) is 0 Å². The van der Waals surface area contributed by atoms with E-state index in [1.807, 2.05) is 6.07 Å². The van der Waals surface area contributed by atoms with Gasteiger partial charge in [-0.1, -0.05) is 17.7 Å². The molecule has 0 aliphatic carbocycles. The lowest BCUT2D eigenvalue weighted by Crippen LogP contribution is -1.94. The van der Waals surface area contributed by atoms with E-state index in [9.17, 15) is 8.78 Å². The monoisotopic (exact) mass is 283 g/mol. The van der Waals surface area contributed by atoms with Crippen LogP contribution in [0.2, 0.25) is 5.02 Å². The van der Waals surface area contributed by atoms with E-state index in [0.717, 1.165) is 11.1 Å². The molecule has 0 atom stereocenters. The number of benzene rings is 1. The molecule has 1 aromatic carbocycles. The lowest BCUT2D eigenvalue weighted by atomic mass is 10.0. The Morgan fingerprint density at radius 2 is 2.00 bits per heavy atom. The highest BCUT2D eigenvalue weighted by Crippen LogP contribution is 2.28. The minimum atomic E-state index is -2.57. The number of methoxy groups -OCH3 is 1. The molecule has 0 radical (unpaired) electrons. The number of alkyl halides is 2. The molecule has 19 heavy (non-hydrogen) atoms. The van der Waals surface area contributed by atoms with E-state index in [-0.39, 0.29) is 10.6 Å². The zero-order valence-corrected chi connectivity index (χ0v) is 11.0. The first-order valence-corrected chi connectivity index (χ1v) is 6.02. The second kappa shape index (κ2) is 5.97. The van der Waals surface area contributed by atoms with Crippen molar-refractivity contribution in [2.75, 3.05) is 7.11 Å². The maximum absolute atomic E-state index is 12.7. The van der Waals surface area contributed by atoms with Crippen molar-refractivity contribution in [3.05, 3.63) is 58.4 Å². The molecule has 0 N–H and O–H groups in total. The van der Waals surface area contributed by atoms with E-state index < -0.39 is 6.43 Å². The molecule has 0 bridgehead atoms. The first-order valence-electron chi connectivity index (χ1n) is 5.64. The Labute approximate surface area is 115 Å². The number of ether oxygens (including phenoxy) is 1. The Hall–Kier alpha value is -1.68. The number of rotatable bonds is 4. The van der Waals surface area contributed by atoms with Crippen molar-refractivity contribution in [3.63, 3.8) is 0 Å². The molecule has 2 nitrogen and oxygen atoms in total. The third-order valence-corrected chi connectivity index (χ3v) is 3.05. The largest absolute Gasteiger partial charge is 0.495 e. The van der Waals surface area contributed by atoms with Gasteiger partial charge in [-0.15, -0.1) is 0 Å². The minimum absolute atomic E-state index is 0.0857. The molecule has 0 aliphatic heterocycles. The maximum Gasteiger partial charge on any atom is 0.265 e. The molecule has 0 aliphatic rings. The van der Waals surface area contributed by atoms with Crippen molar-refractivity contribution in [2.24, 2.45) is 0 Å². The fourth-order valence-electron chi connectivity index (χ4n) is 1.78. The summed E-state index contributed by atoms with van der Waals surface area (Å²) < 4.78 is 30.6. The van der Waals surface area contributed by atoms with Crippen molar-refractivity contribution in [1.29, 1.82) is 0 Å². The van der Waals surface area contributed by atoms with E-state index in [4.69, 9.17) is 16.3 Å². The lowest BCUT2D eigenvalue weighted by Gasteiger charge is -2.08. The number of hydrogen-bond acceptors (Lipinski definition) is 2. The second-order valence-electron chi connectivity index (χ2n) is 4.07. The molecule has 0 spiro atoms. The van der Waals surface area contributed by atoms with Gasteiger partial charge in [0.2, 0.25) is 0 Å². The van der Waals surface area contributed by atoms with Gasteiger partial charge in [0.15, 0.2) is 0 Å². The van der Waals surface area contributed by atoms with Crippen molar-refractivity contribution >= 4 is 11.6 Å². The maximum atomic E-state index is 12.7. The van der Waals surface area contributed by atoms with Crippen molar-refractivity contribution in [3.8, 4) is 5.75 Å². The van der Waals surface area contributed by atoms with Gasteiger partial charge in [-0.2, -0.15) is 0 Å². The number of nitrogens with zero attached hydrogens (tertiary/aromatic N) is 1. The van der Waals surface area contributed by atoms with Crippen molar-refractivity contribution < 1.29 is 13.5 Å². The van der Waals surface area contributed by atoms with Gasteiger partial charge in [0.05, 0.1) is 13.3 Å². The number of hydrogen-bond donors (Lipinski definition) is 0. The van der Waals surface area contributed by atoms with Gasteiger partial charge in [0.1, 0.15) is 5.75 Å². The van der Waals surface area contributed by atoms with Gasteiger partial charge in [0, 0.05) is 16.8 Å². The summed E-state index contributed by atoms with van der Waals surface area (Å²) in [4.78, 5) is 4.03. The van der Waals surface area contributed by atoms with Crippen molar-refractivity contribution in [2.45, 2.75) is 12.8 Å². The Morgan fingerprint density at radius 1 is 1.21 bits per heavy atom. The molecule has 100 valence electrons. The summed E-state index contributed by atoms with van der Waals surface area (Å²) in [5, 5.41) is 0.0857. The van der Waals surface area contributed by atoms with Gasteiger partial charge in [-0.05, 0) is 35.7 Å². The normalized spacial score (nSPS) is 10.8. The summed E-state index contributed by atoms with van der Waals surface area (Å²) in [7, 11) is 1.55. The summed E-state index contributed by atoms with van der Waals surface area (Å²) in [6.07, 6.45) is 1.20. The summed E-state index contributed by atoms with van der Waals surface area (Å²) in [6.45, 7) is 0. The first-order chi connectivity index (χ1) is 9.10. The summed E-state index contributed by atoms with van der Waals surface area (Å²) in [5.74, 6) is 0.639. The third kappa shape index (κ3) is 3.41. The Bertz CT molecular complexity index is 575. The Balaban J connectivity index is 2.25. The van der Waals surface area contributed by atoms with E-state index in [1.165, 1.54) is 12.1 Å². The molecule has 2 rings (SSSR count). The van der Waals surface area contributed by atoms with Crippen LogP contribution in [-0.2, 0) is 6.42 Å². The van der Waals surface area contributed by atoms with Crippen LogP contribution < -0.4 is 4.74 Å². The fraction of sp³-hybridized carbons (Fsp3) is 0.214. The average Bonchev–Trinajstić information content (AvgIpc) is 2.41. The molecule has 5 heteroatoms. The summed E-state index contributed by atoms with van der Waals surface area (Å²) in [5.41, 5.74) is 1.51. The standard InChI is InChI=1S/C14H12ClF2NO/c1-19-11-5-10(7-18-8-11)4-9-2-3-13(15)12(6-9)14(16)17/h2-3,5-8,14H,4H2,1H3. The quantitative estimate of drug-likeness (QED) is 0.836. The van der Waals surface area contributed by atoms with Gasteiger partial charge >= 0.3 is 0 Å². The van der Waals surface area contributed by atoms with Crippen LogP contribution in [0.1, 0.15) is 23.1 Å². The molecule has 0 saturated heterocycles. The van der Waals surface area contributed by atoms with Crippen LogP contribution in [-0.4, -0.2) is 12.1 Å². The summed E-state index contributed by atoms with van der Waals surface area (Å²) >= 11 is 5.73. The molecule has 0 amide bonds. The van der Waals surface area contributed by atoms with E-state index in [0.29, 0.717) is 12.2 Å². The van der Waals surface area contributed by atoms with E-state index in [2.05, 4.69) is 4.98 Å². The molecule has 2 aromatic rings. The highest BCUT2D eigenvalue weighted by Gasteiger charge is 2.12. The Kier molecular flexibility index (Phi) is 4.32. The third-order valence-electron chi connectivity index (χ3n) is 2.71. The molecule has 0 fully saturated rings. The van der Waals surface area contributed by atoms with Crippen LogP contribution in [0, 0.1) is 0 Å².